The second-order valence-corrected chi connectivity index (χ2v) is 4.22. The van der Waals surface area contributed by atoms with Crippen molar-refractivity contribution < 1.29 is 9.90 Å². The van der Waals surface area contributed by atoms with Crippen LogP contribution in [-0.4, -0.2) is 48.6 Å². The zero-order chi connectivity index (χ0) is 12.3. The Balaban J connectivity index is 1.95. The molecule has 0 radical (unpaired) electrons. The number of carbonyl (C=O) groups is 1. The molecule has 1 aromatic rings. The maximum Gasteiger partial charge on any atom is 0.231 e. The van der Waals surface area contributed by atoms with Gasteiger partial charge in [0.1, 0.15) is 5.75 Å². The fourth-order valence-electron chi connectivity index (χ4n) is 2.10. The summed E-state index contributed by atoms with van der Waals surface area (Å²) in [6, 6.07) is 7.30. The third kappa shape index (κ3) is 2.88. The van der Waals surface area contributed by atoms with Crippen LogP contribution in [-0.2, 0) is 4.79 Å². The number of nitrogens with two attached hydrogens (primary N) is 1. The van der Waals surface area contributed by atoms with Gasteiger partial charge in [0.2, 0.25) is 5.91 Å². The van der Waals surface area contributed by atoms with E-state index >= 15 is 0 Å². The van der Waals surface area contributed by atoms with Gasteiger partial charge in [0.25, 0.3) is 0 Å². The lowest BCUT2D eigenvalue weighted by Crippen LogP contribution is -2.48. The summed E-state index contributed by atoms with van der Waals surface area (Å²) >= 11 is 0. The molecule has 1 aromatic carbocycles. The SMILES string of the molecule is NC(=O)CN1CCN(c2ccccc2O)CC1. The van der Waals surface area contributed by atoms with Crippen LogP contribution >= 0.6 is 0 Å². The van der Waals surface area contributed by atoms with Crippen molar-refractivity contribution in [1.29, 1.82) is 0 Å². The van der Waals surface area contributed by atoms with E-state index < -0.39 is 0 Å². The molecule has 0 saturated carbocycles. The molecule has 0 spiro atoms. The molecule has 5 heteroatoms. The first-order valence-corrected chi connectivity index (χ1v) is 5.70. The molecule has 0 atom stereocenters. The fourth-order valence-corrected chi connectivity index (χ4v) is 2.10. The topological polar surface area (TPSA) is 69.8 Å². The predicted molar refractivity (Wildman–Crippen MR) is 66.0 cm³/mol. The molecule has 5 nitrogen and oxygen atoms in total. The van der Waals surface area contributed by atoms with Crippen LogP contribution in [0.3, 0.4) is 0 Å². The number of carbonyl (C=O) groups excluding carboxylic acids is 1. The number of primary amides is 1. The lowest BCUT2D eigenvalue weighted by molar-refractivity contribution is -0.119. The minimum atomic E-state index is -0.291. The highest BCUT2D eigenvalue weighted by Gasteiger charge is 2.19. The molecule has 1 aliphatic heterocycles. The number of hydrogen-bond acceptors (Lipinski definition) is 4. The van der Waals surface area contributed by atoms with E-state index in [0.29, 0.717) is 12.3 Å². The normalized spacial score (nSPS) is 17.1. The second-order valence-electron chi connectivity index (χ2n) is 4.22. The van der Waals surface area contributed by atoms with E-state index in [1.807, 2.05) is 23.1 Å². The van der Waals surface area contributed by atoms with Gasteiger partial charge in [0, 0.05) is 26.2 Å². The second kappa shape index (κ2) is 5.05. The van der Waals surface area contributed by atoms with Crippen LogP contribution in [0.4, 0.5) is 5.69 Å². The van der Waals surface area contributed by atoms with Crippen molar-refractivity contribution in [3.05, 3.63) is 24.3 Å². The fraction of sp³-hybridized carbons (Fsp3) is 0.417. The summed E-state index contributed by atoms with van der Waals surface area (Å²) in [6.45, 7) is 3.48. The lowest BCUT2D eigenvalue weighted by atomic mass is 10.2. The van der Waals surface area contributed by atoms with Crippen LogP contribution in [0.15, 0.2) is 24.3 Å². The number of aromatic hydroxyl groups is 1. The average molecular weight is 235 g/mol. The first-order chi connectivity index (χ1) is 8.16. The highest BCUT2D eigenvalue weighted by atomic mass is 16.3. The number of piperazine rings is 1. The van der Waals surface area contributed by atoms with Crippen molar-refractivity contribution in [3.63, 3.8) is 0 Å². The summed E-state index contributed by atoms with van der Waals surface area (Å²) in [7, 11) is 0. The molecule has 1 aliphatic rings. The number of benzene rings is 1. The lowest BCUT2D eigenvalue weighted by Gasteiger charge is -2.35. The van der Waals surface area contributed by atoms with Gasteiger partial charge in [-0.3, -0.25) is 9.69 Å². The highest BCUT2D eigenvalue weighted by Crippen LogP contribution is 2.26. The van der Waals surface area contributed by atoms with Gasteiger partial charge in [0.15, 0.2) is 0 Å². The first-order valence-electron chi connectivity index (χ1n) is 5.70. The Morgan fingerprint density at radius 1 is 1.24 bits per heavy atom. The maximum atomic E-state index is 10.8. The van der Waals surface area contributed by atoms with Crippen molar-refractivity contribution >= 4 is 11.6 Å². The van der Waals surface area contributed by atoms with E-state index in [1.54, 1.807) is 6.07 Å². The summed E-state index contributed by atoms with van der Waals surface area (Å²) in [4.78, 5) is 14.9. The van der Waals surface area contributed by atoms with Gasteiger partial charge < -0.3 is 15.7 Å². The van der Waals surface area contributed by atoms with Crippen LogP contribution in [0.2, 0.25) is 0 Å². The Morgan fingerprint density at radius 2 is 1.88 bits per heavy atom. The number of phenols is 1. The van der Waals surface area contributed by atoms with Crippen LogP contribution in [0.25, 0.3) is 0 Å². The van der Waals surface area contributed by atoms with Gasteiger partial charge >= 0.3 is 0 Å². The van der Waals surface area contributed by atoms with Crippen LogP contribution in [0.5, 0.6) is 5.75 Å². The monoisotopic (exact) mass is 235 g/mol. The molecule has 0 aromatic heterocycles. The Kier molecular flexibility index (Phi) is 3.49. The summed E-state index contributed by atoms with van der Waals surface area (Å²) in [6.07, 6.45) is 0. The third-order valence-electron chi connectivity index (χ3n) is 2.97. The largest absolute Gasteiger partial charge is 0.506 e. The average Bonchev–Trinajstić information content (AvgIpc) is 2.30. The summed E-state index contributed by atoms with van der Waals surface area (Å²) in [5, 5.41) is 9.74. The number of para-hydroxylation sites is 2. The summed E-state index contributed by atoms with van der Waals surface area (Å²) < 4.78 is 0. The van der Waals surface area contributed by atoms with Gasteiger partial charge in [0.05, 0.1) is 12.2 Å². The number of hydrogen-bond donors (Lipinski definition) is 2. The third-order valence-corrected chi connectivity index (χ3v) is 2.97. The molecule has 1 heterocycles. The minimum Gasteiger partial charge on any atom is -0.506 e. The van der Waals surface area contributed by atoms with Crippen molar-refractivity contribution in [3.8, 4) is 5.75 Å². The van der Waals surface area contributed by atoms with E-state index in [-0.39, 0.29) is 5.91 Å². The minimum absolute atomic E-state index is 0.291. The van der Waals surface area contributed by atoms with E-state index in [9.17, 15) is 9.90 Å². The number of rotatable bonds is 3. The van der Waals surface area contributed by atoms with Gasteiger partial charge in [-0.2, -0.15) is 0 Å². The zero-order valence-electron chi connectivity index (χ0n) is 9.67. The van der Waals surface area contributed by atoms with Crippen LogP contribution in [0, 0.1) is 0 Å². The van der Waals surface area contributed by atoms with Crippen molar-refractivity contribution in [2.45, 2.75) is 0 Å². The van der Waals surface area contributed by atoms with Gasteiger partial charge in [-0.05, 0) is 12.1 Å². The predicted octanol–water partition coefficient (Wildman–Crippen LogP) is -0.000500. The number of anilines is 1. The van der Waals surface area contributed by atoms with E-state index in [2.05, 4.69) is 4.90 Å². The molecule has 0 bridgehead atoms. The molecular weight excluding hydrogens is 218 g/mol. The molecule has 1 saturated heterocycles. The highest BCUT2D eigenvalue weighted by molar-refractivity contribution is 5.76. The molecular formula is C12H17N3O2. The summed E-state index contributed by atoms with van der Waals surface area (Å²) in [5.74, 6) is 0.0110. The molecule has 1 amide bonds. The molecule has 92 valence electrons. The van der Waals surface area contributed by atoms with E-state index in [0.717, 1.165) is 31.9 Å². The number of amides is 1. The maximum absolute atomic E-state index is 10.8. The molecule has 17 heavy (non-hydrogen) atoms. The van der Waals surface area contributed by atoms with Crippen molar-refractivity contribution in [2.75, 3.05) is 37.6 Å². The van der Waals surface area contributed by atoms with Gasteiger partial charge in [-0.15, -0.1) is 0 Å². The Bertz CT molecular complexity index is 400. The Labute approximate surface area is 100 Å². The molecule has 2 rings (SSSR count). The molecule has 0 aliphatic carbocycles. The quantitative estimate of drug-likeness (QED) is 0.773. The first kappa shape index (κ1) is 11.7. The van der Waals surface area contributed by atoms with Gasteiger partial charge in [-0.1, -0.05) is 12.1 Å². The van der Waals surface area contributed by atoms with Gasteiger partial charge in [-0.25, -0.2) is 0 Å². The van der Waals surface area contributed by atoms with E-state index in [1.165, 1.54) is 0 Å². The van der Waals surface area contributed by atoms with E-state index in [4.69, 9.17) is 5.73 Å². The smallest absolute Gasteiger partial charge is 0.231 e. The van der Waals surface area contributed by atoms with Crippen LogP contribution < -0.4 is 10.6 Å². The molecule has 0 unspecified atom stereocenters. The Morgan fingerprint density at radius 3 is 2.47 bits per heavy atom. The Hall–Kier alpha value is -1.75. The standard InChI is InChI=1S/C12H17N3O2/c13-12(17)9-14-5-7-15(8-6-14)10-3-1-2-4-11(10)16/h1-4,16H,5-9H2,(H2,13,17). The van der Waals surface area contributed by atoms with Crippen LogP contribution in [0.1, 0.15) is 0 Å². The van der Waals surface area contributed by atoms with Crippen molar-refractivity contribution in [2.24, 2.45) is 5.73 Å². The number of nitrogens with zero attached hydrogens (tertiary/aromatic N) is 2. The number of phenolic OH excluding ortho intramolecular Hbond substituents is 1. The molecule has 3 N–H and O–H groups in total. The summed E-state index contributed by atoms with van der Waals surface area (Å²) in [5.41, 5.74) is 6.01. The van der Waals surface area contributed by atoms with Crippen molar-refractivity contribution in [1.82, 2.24) is 4.90 Å². The molecule has 1 fully saturated rings. The zero-order valence-corrected chi connectivity index (χ0v) is 9.67.